The Kier molecular flexibility index (Phi) is 5.84. The second kappa shape index (κ2) is 7.01. The second-order valence-corrected chi connectivity index (χ2v) is 7.76. The minimum absolute atomic E-state index is 0.156. The summed E-state index contributed by atoms with van der Waals surface area (Å²) in [5.74, 6) is 0. The van der Waals surface area contributed by atoms with Crippen LogP contribution in [0.4, 0.5) is 0 Å². The van der Waals surface area contributed by atoms with Gasteiger partial charge in [0.25, 0.3) is 0 Å². The van der Waals surface area contributed by atoms with Gasteiger partial charge in [-0.2, -0.15) is 0 Å². The van der Waals surface area contributed by atoms with Crippen LogP contribution in [0.15, 0.2) is 58.3 Å². The minimum atomic E-state index is -3.53. The Labute approximate surface area is 130 Å². The van der Waals surface area contributed by atoms with Crippen molar-refractivity contribution in [1.29, 1.82) is 0 Å². The average molecular weight is 342 g/mol. The third kappa shape index (κ3) is 5.57. The fraction of sp³-hybridized carbons (Fsp3) is 0.143. The Morgan fingerprint density at radius 1 is 0.727 bits per heavy atom. The molecule has 2 aromatic rings. The van der Waals surface area contributed by atoms with Gasteiger partial charge in [0.05, 0.1) is 9.79 Å². The normalized spacial score (nSPS) is 11.5. The van der Waals surface area contributed by atoms with Crippen molar-refractivity contribution in [2.24, 2.45) is 10.3 Å². The highest BCUT2D eigenvalue weighted by molar-refractivity contribution is 7.89. The maximum Gasteiger partial charge on any atom is 0.238 e. The molecule has 0 radical (unpaired) electrons. The number of sulfonamides is 2. The van der Waals surface area contributed by atoms with Gasteiger partial charge in [0.15, 0.2) is 0 Å². The number of hydrogen-bond donors (Lipinski definition) is 2. The van der Waals surface area contributed by atoms with Gasteiger partial charge in [-0.3, -0.25) is 0 Å². The first-order valence-electron chi connectivity index (χ1n) is 6.20. The summed E-state index contributed by atoms with van der Waals surface area (Å²) < 4.78 is 43.1. The molecule has 0 fully saturated rings. The number of hydrogen-bond acceptors (Lipinski definition) is 4. The van der Waals surface area contributed by atoms with Crippen molar-refractivity contribution in [1.82, 2.24) is 0 Å². The first kappa shape index (κ1) is 18.3. The quantitative estimate of drug-likeness (QED) is 0.854. The summed E-state index contributed by atoms with van der Waals surface area (Å²) in [5, 5.41) is 9.81. The molecule has 2 aromatic carbocycles. The molecule has 0 aromatic heterocycles. The van der Waals surface area contributed by atoms with E-state index in [4.69, 9.17) is 10.3 Å². The molecule has 0 unspecified atom stereocenters. The first-order chi connectivity index (χ1) is 10.0. The maximum atomic E-state index is 10.8. The van der Waals surface area contributed by atoms with Crippen LogP contribution in [0.5, 0.6) is 0 Å². The summed E-state index contributed by atoms with van der Waals surface area (Å²) in [5.41, 5.74) is 1.69. The predicted octanol–water partition coefficient (Wildman–Crippen LogP) is 1.28. The van der Waals surface area contributed by atoms with Crippen molar-refractivity contribution in [3.8, 4) is 0 Å². The molecule has 0 aliphatic carbocycles. The highest BCUT2D eigenvalue weighted by Crippen LogP contribution is 2.11. The summed E-state index contributed by atoms with van der Waals surface area (Å²) in [6.07, 6.45) is 0. The van der Waals surface area contributed by atoms with Crippen LogP contribution in [0, 0.1) is 13.8 Å². The predicted molar refractivity (Wildman–Crippen MR) is 85.1 cm³/mol. The van der Waals surface area contributed by atoms with Crippen LogP contribution in [0.1, 0.15) is 11.1 Å². The van der Waals surface area contributed by atoms with Crippen LogP contribution in [0.2, 0.25) is 0 Å². The van der Waals surface area contributed by atoms with E-state index in [2.05, 4.69) is 0 Å². The lowest BCUT2D eigenvalue weighted by Gasteiger charge is -2.00. The van der Waals surface area contributed by atoms with E-state index in [-0.39, 0.29) is 9.79 Å². The van der Waals surface area contributed by atoms with Gasteiger partial charge in [-0.05, 0) is 37.6 Å². The molecule has 0 saturated carbocycles. The van der Waals surface area contributed by atoms with Crippen LogP contribution in [0.25, 0.3) is 0 Å². The molecule has 0 aliphatic rings. The molecule has 0 aliphatic heterocycles. The Balaban J connectivity index is 0.000000220. The Morgan fingerprint density at radius 3 is 1.59 bits per heavy atom. The van der Waals surface area contributed by atoms with E-state index in [1.165, 1.54) is 18.2 Å². The van der Waals surface area contributed by atoms with E-state index < -0.39 is 20.0 Å². The molecule has 2 rings (SSSR count). The van der Waals surface area contributed by atoms with E-state index in [1.54, 1.807) is 37.3 Å². The van der Waals surface area contributed by atoms with Crippen LogP contribution in [0.3, 0.4) is 0 Å². The molecule has 0 heterocycles. The molecular formula is C14H18N2O4S2. The third-order valence-corrected chi connectivity index (χ3v) is 4.75. The van der Waals surface area contributed by atoms with Crippen molar-refractivity contribution in [3.63, 3.8) is 0 Å². The molecule has 0 amide bonds. The fourth-order valence-electron chi connectivity index (χ4n) is 1.60. The molecular weight excluding hydrogens is 324 g/mol. The summed E-state index contributed by atoms with van der Waals surface area (Å²) in [6, 6.07) is 13.0. The van der Waals surface area contributed by atoms with E-state index in [9.17, 15) is 16.8 Å². The van der Waals surface area contributed by atoms with E-state index in [0.29, 0.717) is 5.56 Å². The fourth-order valence-corrected chi connectivity index (χ4v) is 2.90. The van der Waals surface area contributed by atoms with Gasteiger partial charge in [0.2, 0.25) is 20.0 Å². The van der Waals surface area contributed by atoms with Crippen molar-refractivity contribution in [3.05, 3.63) is 59.7 Å². The number of nitrogens with two attached hydrogens (primary N) is 2. The van der Waals surface area contributed by atoms with Crippen molar-refractivity contribution >= 4 is 20.0 Å². The van der Waals surface area contributed by atoms with E-state index in [1.807, 2.05) is 6.92 Å². The molecule has 0 saturated heterocycles. The summed E-state index contributed by atoms with van der Waals surface area (Å²) in [7, 11) is -7.05. The molecule has 120 valence electrons. The van der Waals surface area contributed by atoms with Crippen LogP contribution in [-0.4, -0.2) is 16.8 Å². The molecule has 22 heavy (non-hydrogen) atoms. The smallest absolute Gasteiger partial charge is 0.225 e. The first-order valence-corrected chi connectivity index (χ1v) is 9.29. The molecule has 6 nitrogen and oxygen atoms in total. The highest BCUT2D eigenvalue weighted by Gasteiger charge is 2.08. The van der Waals surface area contributed by atoms with Gasteiger partial charge in [0.1, 0.15) is 0 Å². The average Bonchev–Trinajstić information content (AvgIpc) is 2.38. The molecule has 0 atom stereocenters. The standard InChI is InChI=1S/2C7H9NO2S/c1-6-2-4-7(5-3-6)11(8,9)10;1-6-4-2-3-5-7(6)11(8,9)10/h2*2-5H,1H3,(H2,8,9,10). The number of aryl methyl sites for hydroxylation is 2. The largest absolute Gasteiger partial charge is 0.238 e. The second-order valence-electron chi connectivity index (χ2n) is 4.67. The lowest BCUT2D eigenvalue weighted by atomic mass is 10.2. The Bertz CT molecular complexity index is 843. The Morgan fingerprint density at radius 2 is 1.23 bits per heavy atom. The van der Waals surface area contributed by atoms with Gasteiger partial charge < -0.3 is 0 Å². The van der Waals surface area contributed by atoms with Gasteiger partial charge in [-0.15, -0.1) is 0 Å². The monoisotopic (exact) mass is 342 g/mol. The molecule has 8 heteroatoms. The SMILES string of the molecule is Cc1ccc(S(N)(=O)=O)cc1.Cc1ccccc1S(N)(=O)=O. The van der Waals surface area contributed by atoms with Crippen molar-refractivity contribution < 1.29 is 16.8 Å². The zero-order valence-corrected chi connectivity index (χ0v) is 13.9. The number of benzene rings is 2. The molecule has 0 bridgehead atoms. The third-order valence-electron chi connectivity index (χ3n) is 2.75. The zero-order chi connectivity index (χ0) is 17.0. The van der Waals surface area contributed by atoms with Crippen molar-refractivity contribution in [2.75, 3.05) is 0 Å². The number of primary sulfonamides is 2. The van der Waals surface area contributed by atoms with Crippen LogP contribution >= 0.6 is 0 Å². The van der Waals surface area contributed by atoms with Gasteiger partial charge in [0, 0.05) is 0 Å². The van der Waals surface area contributed by atoms with Gasteiger partial charge in [-0.1, -0.05) is 35.9 Å². The Hall–Kier alpha value is -1.74. The summed E-state index contributed by atoms with van der Waals surface area (Å²) >= 11 is 0. The molecule has 0 spiro atoms. The summed E-state index contributed by atoms with van der Waals surface area (Å²) in [4.78, 5) is 0.350. The minimum Gasteiger partial charge on any atom is -0.225 e. The lowest BCUT2D eigenvalue weighted by molar-refractivity contribution is 0.595. The lowest BCUT2D eigenvalue weighted by Crippen LogP contribution is -2.13. The maximum absolute atomic E-state index is 10.8. The number of rotatable bonds is 2. The van der Waals surface area contributed by atoms with Crippen LogP contribution < -0.4 is 10.3 Å². The van der Waals surface area contributed by atoms with E-state index >= 15 is 0 Å². The van der Waals surface area contributed by atoms with Crippen LogP contribution in [-0.2, 0) is 20.0 Å². The van der Waals surface area contributed by atoms with E-state index in [0.717, 1.165) is 5.56 Å². The van der Waals surface area contributed by atoms with Gasteiger partial charge >= 0.3 is 0 Å². The van der Waals surface area contributed by atoms with Crippen molar-refractivity contribution in [2.45, 2.75) is 23.6 Å². The van der Waals surface area contributed by atoms with Gasteiger partial charge in [-0.25, -0.2) is 27.1 Å². The topological polar surface area (TPSA) is 120 Å². The molecule has 4 N–H and O–H groups in total. The summed E-state index contributed by atoms with van der Waals surface area (Å²) in [6.45, 7) is 3.59. The zero-order valence-electron chi connectivity index (χ0n) is 12.2. The highest BCUT2D eigenvalue weighted by atomic mass is 32.2.